The third-order valence-electron chi connectivity index (χ3n) is 4.50. The number of hydrogen-bond acceptors (Lipinski definition) is 5. The van der Waals surface area contributed by atoms with Crippen LogP contribution in [0.3, 0.4) is 0 Å². The first kappa shape index (κ1) is 23.4. The van der Waals surface area contributed by atoms with E-state index in [0.29, 0.717) is 17.8 Å². The van der Waals surface area contributed by atoms with E-state index in [0.717, 1.165) is 17.4 Å². The van der Waals surface area contributed by atoms with Gasteiger partial charge in [-0.1, -0.05) is 24.3 Å². The highest BCUT2D eigenvalue weighted by Crippen LogP contribution is 2.24. The molecular formula is C22H28N2O5S. The van der Waals surface area contributed by atoms with Crippen LogP contribution in [0.1, 0.15) is 41.3 Å². The molecule has 1 amide bonds. The van der Waals surface area contributed by atoms with Crippen LogP contribution in [0.15, 0.2) is 42.5 Å². The molecule has 0 aliphatic carbocycles. The molecule has 2 aromatic rings. The molecule has 30 heavy (non-hydrogen) atoms. The van der Waals surface area contributed by atoms with Gasteiger partial charge in [0, 0.05) is 13.0 Å². The lowest BCUT2D eigenvalue weighted by atomic mass is 10.1. The second kappa shape index (κ2) is 10.2. The number of nitrogens with one attached hydrogen (secondary N) is 1. The van der Waals surface area contributed by atoms with Gasteiger partial charge in [-0.2, -0.15) is 0 Å². The Morgan fingerprint density at radius 3 is 2.47 bits per heavy atom. The molecule has 8 heteroatoms. The first-order valence-corrected chi connectivity index (χ1v) is 11.6. The molecule has 2 aromatic carbocycles. The second-order valence-corrected chi connectivity index (χ2v) is 8.95. The van der Waals surface area contributed by atoms with E-state index in [9.17, 15) is 18.0 Å². The lowest BCUT2D eigenvalue weighted by Crippen LogP contribution is -2.32. The number of para-hydroxylation sites is 1. The summed E-state index contributed by atoms with van der Waals surface area (Å²) < 4.78 is 31.0. The van der Waals surface area contributed by atoms with Crippen LogP contribution < -0.4 is 9.62 Å². The fourth-order valence-corrected chi connectivity index (χ4v) is 4.04. The normalized spacial score (nSPS) is 11.1. The Morgan fingerprint density at radius 2 is 1.80 bits per heavy atom. The molecule has 0 unspecified atom stereocenters. The van der Waals surface area contributed by atoms with E-state index in [4.69, 9.17) is 4.74 Å². The number of rotatable bonds is 9. The predicted octanol–water partition coefficient (Wildman–Crippen LogP) is 3.67. The van der Waals surface area contributed by atoms with E-state index < -0.39 is 16.0 Å². The first-order chi connectivity index (χ1) is 14.1. The van der Waals surface area contributed by atoms with Crippen LogP contribution in [0.2, 0.25) is 0 Å². The standard InChI is InChI=1S/C22H28N2O5S/c1-5-29-22(26)18-9-6-7-10-19(18)23-21(25)11-8-14-24(30(4,27)28)20-15-16(2)12-13-17(20)3/h6-7,9-10,12-13,15H,5,8,11,14H2,1-4H3,(H,23,25). The predicted molar refractivity (Wildman–Crippen MR) is 118 cm³/mol. The number of benzene rings is 2. The fourth-order valence-electron chi connectivity index (χ4n) is 3.03. The average Bonchev–Trinajstić information content (AvgIpc) is 2.67. The Morgan fingerprint density at radius 1 is 1.10 bits per heavy atom. The lowest BCUT2D eigenvalue weighted by molar-refractivity contribution is -0.116. The SMILES string of the molecule is CCOC(=O)c1ccccc1NC(=O)CCCN(c1cc(C)ccc1C)S(C)(=O)=O. The van der Waals surface area contributed by atoms with Crippen LogP contribution in [0.25, 0.3) is 0 Å². The highest BCUT2D eigenvalue weighted by Gasteiger charge is 2.20. The maximum atomic E-state index is 12.4. The van der Waals surface area contributed by atoms with E-state index >= 15 is 0 Å². The van der Waals surface area contributed by atoms with Crippen molar-refractivity contribution in [1.29, 1.82) is 0 Å². The third kappa shape index (κ3) is 6.32. The van der Waals surface area contributed by atoms with Gasteiger partial charge in [0.05, 0.1) is 29.8 Å². The van der Waals surface area contributed by atoms with Crippen molar-refractivity contribution < 1.29 is 22.7 Å². The topological polar surface area (TPSA) is 92.8 Å². The molecule has 1 N–H and O–H groups in total. The zero-order chi connectivity index (χ0) is 22.3. The first-order valence-electron chi connectivity index (χ1n) is 9.74. The number of esters is 1. The van der Waals surface area contributed by atoms with Gasteiger partial charge in [-0.25, -0.2) is 13.2 Å². The van der Waals surface area contributed by atoms with Crippen molar-refractivity contribution in [1.82, 2.24) is 0 Å². The molecule has 0 fully saturated rings. The van der Waals surface area contributed by atoms with Gasteiger partial charge in [0.1, 0.15) is 0 Å². The number of hydrogen-bond donors (Lipinski definition) is 1. The van der Waals surface area contributed by atoms with Crippen molar-refractivity contribution >= 4 is 33.3 Å². The van der Waals surface area contributed by atoms with Gasteiger partial charge < -0.3 is 10.1 Å². The Hall–Kier alpha value is -2.87. The Labute approximate surface area is 178 Å². The summed E-state index contributed by atoms with van der Waals surface area (Å²) in [6.45, 7) is 5.88. The van der Waals surface area contributed by atoms with Gasteiger partial charge in [0.15, 0.2) is 0 Å². The minimum Gasteiger partial charge on any atom is -0.462 e. The molecule has 0 saturated carbocycles. The maximum Gasteiger partial charge on any atom is 0.340 e. The van der Waals surface area contributed by atoms with Crippen LogP contribution in [-0.4, -0.2) is 39.7 Å². The molecule has 162 valence electrons. The van der Waals surface area contributed by atoms with Gasteiger partial charge in [-0.05, 0) is 56.5 Å². The third-order valence-corrected chi connectivity index (χ3v) is 5.68. The summed E-state index contributed by atoms with van der Waals surface area (Å²) in [5.74, 6) is -0.812. The molecule has 0 bridgehead atoms. The quantitative estimate of drug-likeness (QED) is 0.611. The molecule has 0 aromatic heterocycles. The van der Waals surface area contributed by atoms with E-state index in [-0.39, 0.29) is 31.0 Å². The number of amides is 1. The summed E-state index contributed by atoms with van der Waals surface area (Å²) in [4.78, 5) is 24.4. The summed E-state index contributed by atoms with van der Waals surface area (Å²) in [7, 11) is -3.50. The minimum atomic E-state index is -3.50. The molecule has 0 spiro atoms. The maximum absolute atomic E-state index is 12.4. The van der Waals surface area contributed by atoms with Gasteiger partial charge in [0.25, 0.3) is 0 Å². The Bertz CT molecular complexity index is 1020. The number of nitrogens with zero attached hydrogens (tertiary/aromatic N) is 1. The fraction of sp³-hybridized carbons (Fsp3) is 0.364. The summed E-state index contributed by atoms with van der Waals surface area (Å²) in [5.41, 5.74) is 3.07. The van der Waals surface area contributed by atoms with Crippen molar-refractivity contribution in [3.05, 3.63) is 59.2 Å². The summed E-state index contributed by atoms with van der Waals surface area (Å²) in [6.07, 6.45) is 1.59. The van der Waals surface area contributed by atoms with Crippen molar-refractivity contribution in [2.45, 2.75) is 33.6 Å². The van der Waals surface area contributed by atoms with Crippen LogP contribution in [-0.2, 0) is 19.6 Å². The van der Waals surface area contributed by atoms with Crippen LogP contribution in [0.4, 0.5) is 11.4 Å². The van der Waals surface area contributed by atoms with Crippen molar-refractivity contribution in [3.63, 3.8) is 0 Å². The Kier molecular flexibility index (Phi) is 8.00. The van der Waals surface area contributed by atoms with Crippen molar-refractivity contribution in [3.8, 4) is 0 Å². The van der Waals surface area contributed by atoms with Crippen LogP contribution in [0.5, 0.6) is 0 Å². The lowest BCUT2D eigenvalue weighted by Gasteiger charge is -2.24. The van der Waals surface area contributed by atoms with E-state index in [1.54, 1.807) is 31.2 Å². The van der Waals surface area contributed by atoms with Crippen LogP contribution >= 0.6 is 0 Å². The van der Waals surface area contributed by atoms with Gasteiger partial charge >= 0.3 is 5.97 Å². The number of sulfonamides is 1. The molecule has 0 aliphatic rings. The van der Waals surface area contributed by atoms with E-state index in [2.05, 4.69) is 5.32 Å². The van der Waals surface area contributed by atoms with Gasteiger partial charge in [0.2, 0.25) is 15.9 Å². The smallest absolute Gasteiger partial charge is 0.340 e. The molecule has 7 nitrogen and oxygen atoms in total. The molecule has 0 atom stereocenters. The molecule has 0 aliphatic heterocycles. The second-order valence-electron chi connectivity index (χ2n) is 7.04. The molecule has 0 saturated heterocycles. The number of carbonyl (C=O) groups is 2. The minimum absolute atomic E-state index is 0.105. The zero-order valence-corrected chi connectivity index (χ0v) is 18.6. The van der Waals surface area contributed by atoms with Crippen molar-refractivity contribution in [2.75, 3.05) is 29.0 Å². The molecule has 0 radical (unpaired) electrons. The molecule has 2 rings (SSSR count). The summed E-state index contributed by atoms with van der Waals surface area (Å²) in [5, 5.41) is 2.71. The number of anilines is 2. The van der Waals surface area contributed by atoms with Crippen molar-refractivity contribution in [2.24, 2.45) is 0 Å². The number of carbonyl (C=O) groups excluding carboxylic acids is 2. The van der Waals surface area contributed by atoms with E-state index in [1.807, 2.05) is 32.0 Å². The zero-order valence-electron chi connectivity index (χ0n) is 17.8. The summed E-state index contributed by atoms with van der Waals surface area (Å²) in [6, 6.07) is 12.2. The van der Waals surface area contributed by atoms with Gasteiger partial charge in [-0.15, -0.1) is 0 Å². The average molecular weight is 433 g/mol. The van der Waals surface area contributed by atoms with E-state index in [1.165, 1.54) is 4.31 Å². The van der Waals surface area contributed by atoms with Crippen LogP contribution in [0, 0.1) is 13.8 Å². The monoisotopic (exact) mass is 432 g/mol. The highest BCUT2D eigenvalue weighted by atomic mass is 32.2. The molecular weight excluding hydrogens is 404 g/mol. The summed E-state index contributed by atoms with van der Waals surface area (Å²) >= 11 is 0. The number of aryl methyl sites for hydroxylation is 2. The van der Waals surface area contributed by atoms with Gasteiger partial charge in [-0.3, -0.25) is 9.10 Å². The largest absolute Gasteiger partial charge is 0.462 e. The highest BCUT2D eigenvalue weighted by molar-refractivity contribution is 7.92. The number of ether oxygens (including phenoxy) is 1. The molecule has 0 heterocycles. The Balaban J connectivity index is 2.06.